The minimum atomic E-state index is -1.08. The normalized spacial score (nSPS) is 10.4. The van der Waals surface area contributed by atoms with Gasteiger partial charge in [0.2, 0.25) is 0 Å². The highest BCUT2D eigenvalue weighted by Gasteiger charge is 1.98. The lowest BCUT2D eigenvalue weighted by molar-refractivity contribution is -0.131. The number of halogens is 1. The van der Waals surface area contributed by atoms with E-state index in [1.165, 1.54) is 25.3 Å². The highest BCUT2D eigenvalue weighted by Crippen LogP contribution is 2.16. The highest BCUT2D eigenvalue weighted by molar-refractivity contribution is 5.85. The van der Waals surface area contributed by atoms with Crippen LogP contribution >= 0.6 is 0 Å². The third-order valence-corrected chi connectivity index (χ3v) is 1.55. The molecule has 4 heteroatoms. The average Bonchev–Trinajstić information content (AvgIpc) is 2.14. The molecule has 0 bridgehead atoms. The van der Waals surface area contributed by atoms with E-state index in [9.17, 15) is 9.18 Å². The lowest BCUT2D eigenvalue weighted by atomic mass is 10.2. The van der Waals surface area contributed by atoms with Crippen LogP contribution in [0.15, 0.2) is 24.3 Å². The standard InChI is InChI=1S/C10H9FO3/c1-14-9-5-7(2-3-10(12)13)4-8(11)6-9/h2-6H,1H3,(H,12,13). The topological polar surface area (TPSA) is 46.5 Å². The SMILES string of the molecule is COc1cc(F)cc(C=CC(=O)O)c1. The van der Waals surface area contributed by atoms with Gasteiger partial charge in [-0.15, -0.1) is 0 Å². The monoisotopic (exact) mass is 196 g/mol. The van der Waals surface area contributed by atoms with Crippen molar-refractivity contribution >= 4 is 12.0 Å². The maximum atomic E-state index is 12.9. The first-order chi connectivity index (χ1) is 6.61. The van der Waals surface area contributed by atoms with Gasteiger partial charge in [0.25, 0.3) is 0 Å². The molecule has 1 aromatic carbocycles. The van der Waals surface area contributed by atoms with Crippen LogP contribution in [0, 0.1) is 5.82 Å². The van der Waals surface area contributed by atoms with Crippen molar-refractivity contribution in [2.45, 2.75) is 0 Å². The summed E-state index contributed by atoms with van der Waals surface area (Å²) in [7, 11) is 1.42. The van der Waals surface area contributed by atoms with Crippen LogP contribution in [0.4, 0.5) is 4.39 Å². The molecule has 3 nitrogen and oxygen atoms in total. The Morgan fingerprint density at radius 2 is 2.21 bits per heavy atom. The van der Waals surface area contributed by atoms with Crippen molar-refractivity contribution in [3.8, 4) is 5.75 Å². The number of methoxy groups -OCH3 is 1. The Bertz CT molecular complexity index is 372. The van der Waals surface area contributed by atoms with Crippen molar-refractivity contribution in [3.05, 3.63) is 35.7 Å². The summed E-state index contributed by atoms with van der Waals surface area (Å²) in [5.41, 5.74) is 0.448. The summed E-state index contributed by atoms with van der Waals surface area (Å²) < 4.78 is 17.7. The number of carboxylic acid groups (broad SMARTS) is 1. The van der Waals surface area contributed by atoms with E-state index in [2.05, 4.69) is 0 Å². The first-order valence-corrected chi connectivity index (χ1v) is 3.87. The number of rotatable bonds is 3. The fourth-order valence-corrected chi connectivity index (χ4v) is 0.966. The smallest absolute Gasteiger partial charge is 0.328 e. The van der Waals surface area contributed by atoms with E-state index >= 15 is 0 Å². The maximum absolute atomic E-state index is 12.9. The predicted octanol–water partition coefficient (Wildman–Crippen LogP) is 1.93. The third-order valence-electron chi connectivity index (χ3n) is 1.55. The lowest BCUT2D eigenvalue weighted by Gasteiger charge is -2.00. The molecule has 0 aliphatic carbocycles. The molecule has 1 rings (SSSR count). The fourth-order valence-electron chi connectivity index (χ4n) is 0.966. The van der Waals surface area contributed by atoms with E-state index in [-0.39, 0.29) is 0 Å². The zero-order valence-electron chi connectivity index (χ0n) is 7.53. The fraction of sp³-hybridized carbons (Fsp3) is 0.100. The number of ether oxygens (including phenoxy) is 1. The van der Waals surface area contributed by atoms with Crippen LogP contribution in [0.25, 0.3) is 6.08 Å². The van der Waals surface area contributed by atoms with Gasteiger partial charge in [0.15, 0.2) is 0 Å². The van der Waals surface area contributed by atoms with Crippen LogP contribution in [0.3, 0.4) is 0 Å². The first-order valence-electron chi connectivity index (χ1n) is 3.87. The molecule has 0 aromatic heterocycles. The Labute approximate surface area is 80.4 Å². The molecule has 0 unspecified atom stereocenters. The number of carboxylic acids is 1. The van der Waals surface area contributed by atoms with Gasteiger partial charge in [-0.1, -0.05) is 0 Å². The number of carbonyl (C=O) groups is 1. The second kappa shape index (κ2) is 4.41. The van der Waals surface area contributed by atoms with Crippen LogP contribution in [0.2, 0.25) is 0 Å². The Morgan fingerprint density at radius 3 is 2.79 bits per heavy atom. The molecule has 0 heterocycles. The van der Waals surface area contributed by atoms with Crippen LogP contribution < -0.4 is 4.74 Å². The zero-order chi connectivity index (χ0) is 10.6. The van der Waals surface area contributed by atoms with E-state index in [1.807, 2.05) is 0 Å². The van der Waals surface area contributed by atoms with Crippen molar-refractivity contribution in [2.75, 3.05) is 7.11 Å². The van der Waals surface area contributed by atoms with E-state index in [1.54, 1.807) is 6.07 Å². The summed E-state index contributed by atoms with van der Waals surface area (Å²) in [6, 6.07) is 3.99. The highest BCUT2D eigenvalue weighted by atomic mass is 19.1. The number of aliphatic carboxylic acids is 1. The molecule has 0 saturated carbocycles. The Morgan fingerprint density at radius 1 is 1.50 bits per heavy atom. The van der Waals surface area contributed by atoms with Crippen molar-refractivity contribution in [1.82, 2.24) is 0 Å². The number of hydrogen-bond donors (Lipinski definition) is 1. The van der Waals surface area contributed by atoms with E-state index in [0.717, 1.165) is 6.08 Å². The van der Waals surface area contributed by atoms with E-state index in [4.69, 9.17) is 9.84 Å². The van der Waals surface area contributed by atoms with Crippen LogP contribution in [0.5, 0.6) is 5.75 Å². The molecule has 0 atom stereocenters. The number of benzene rings is 1. The summed E-state index contributed by atoms with van der Waals surface area (Å²) in [5, 5.41) is 8.36. The molecule has 0 aliphatic rings. The largest absolute Gasteiger partial charge is 0.497 e. The summed E-state index contributed by atoms with van der Waals surface area (Å²) in [6.45, 7) is 0. The van der Waals surface area contributed by atoms with Crippen molar-refractivity contribution in [1.29, 1.82) is 0 Å². The zero-order valence-corrected chi connectivity index (χ0v) is 7.53. The molecule has 0 radical (unpaired) electrons. The molecule has 0 fully saturated rings. The first kappa shape index (κ1) is 10.2. The summed E-state index contributed by atoms with van der Waals surface area (Å²) in [6.07, 6.45) is 2.24. The maximum Gasteiger partial charge on any atom is 0.328 e. The molecule has 1 aromatic rings. The second-order valence-corrected chi connectivity index (χ2v) is 2.60. The van der Waals surface area contributed by atoms with Crippen molar-refractivity contribution in [2.24, 2.45) is 0 Å². The van der Waals surface area contributed by atoms with Gasteiger partial charge in [-0.25, -0.2) is 9.18 Å². The lowest BCUT2D eigenvalue weighted by Crippen LogP contribution is -1.88. The molecule has 0 saturated heterocycles. The summed E-state index contributed by atoms with van der Waals surface area (Å²) in [4.78, 5) is 10.2. The van der Waals surface area contributed by atoms with Crippen molar-refractivity contribution < 1.29 is 19.0 Å². The van der Waals surface area contributed by atoms with Crippen LogP contribution in [0.1, 0.15) is 5.56 Å². The van der Waals surface area contributed by atoms with Gasteiger partial charge in [0.1, 0.15) is 11.6 Å². The minimum absolute atomic E-state index is 0.357. The molecular weight excluding hydrogens is 187 g/mol. The Hall–Kier alpha value is -1.84. The molecule has 0 amide bonds. The molecule has 0 spiro atoms. The molecule has 74 valence electrons. The summed E-state index contributed by atoms with van der Waals surface area (Å²) in [5.74, 6) is -1.18. The van der Waals surface area contributed by atoms with Gasteiger partial charge in [-0.2, -0.15) is 0 Å². The molecule has 1 N–H and O–H groups in total. The molecule has 0 aliphatic heterocycles. The van der Waals surface area contributed by atoms with Crippen molar-refractivity contribution in [3.63, 3.8) is 0 Å². The van der Waals surface area contributed by atoms with Crippen LogP contribution in [-0.4, -0.2) is 18.2 Å². The van der Waals surface area contributed by atoms with E-state index in [0.29, 0.717) is 11.3 Å². The van der Waals surface area contributed by atoms with Crippen LogP contribution in [-0.2, 0) is 4.79 Å². The summed E-state index contributed by atoms with van der Waals surface area (Å²) >= 11 is 0. The van der Waals surface area contributed by atoms with Gasteiger partial charge in [-0.05, 0) is 23.8 Å². The Balaban J connectivity index is 2.97. The van der Waals surface area contributed by atoms with Gasteiger partial charge in [0, 0.05) is 12.1 Å². The van der Waals surface area contributed by atoms with Gasteiger partial charge < -0.3 is 9.84 Å². The van der Waals surface area contributed by atoms with E-state index < -0.39 is 11.8 Å². The number of hydrogen-bond acceptors (Lipinski definition) is 2. The molecular formula is C10H9FO3. The minimum Gasteiger partial charge on any atom is -0.497 e. The third kappa shape index (κ3) is 2.90. The predicted molar refractivity (Wildman–Crippen MR) is 49.6 cm³/mol. The second-order valence-electron chi connectivity index (χ2n) is 2.60. The molecule has 14 heavy (non-hydrogen) atoms. The quantitative estimate of drug-likeness (QED) is 0.751. The van der Waals surface area contributed by atoms with Gasteiger partial charge in [0.05, 0.1) is 7.11 Å². The Kier molecular flexibility index (Phi) is 3.23. The van der Waals surface area contributed by atoms with Gasteiger partial charge >= 0.3 is 5.97 Å². The average molecular weight is 196 g/mol. The van der Waals surface area contributed by atoms with Gasteiger partial charge in [-0.3, -0.25) is 0 Å².